The minimum absolute atomic E-state index is 0.0621. The zero-order chi connectivity index (χ0) is 17.6. The van der Waals surface area contributed by atoms with Crippen molar-refractivity contribution in [3.05, 3.63) is 89.5 Å². The van der Waals surface area contributed by atoms with Crippen LogP contribution in [0.3, 0.4) is 0 Å². The summed E-state index contributed by atoms with van der Waals surface area (Å²) in [5, 5.41) is 9.27. The Morgan fingerprint density at radius 3 is 2.48 bits per heavy atom. The van der Waals surface area contributed by atoms with E-state index in [0.717, 1.165) is 28.0 Å². The minimum Gasteiger partial charge on any atom is -0.489 e. The molecule has 0 heterocycles. The summed E-state index contributed by atoms with van der Waals surface area (Å²) in [5.41, 5.74) is 11.4. The third kappa shape index (κ3) is 4.47. The first kappa shape index (κ1) is 17.2. The average Bonchev–Trinajstić information content (AvgIpc) is 2.66. The largest absolute Gasteiger partial charge is 0.489 e. The number of ether oxygens (including phenoxy) is 1. The average molecular weight is 333 g/mol. The maximum atomic E-state index is 9.27. The second-order valence-corrected chi connectivity index (χ2v) is 6.22. The van der Waals surface area contributed by atoms with Crippen LogP contribution in [0.2, 0.25) is 0 Å². The first-order valence-corrected chi connectivity index (χ1v) is 8.41. The van der Waals surface area contributed by atoms with Crippen molar-refractivity contribution in [2.45, 2.75) is 19.6 Å². The maximum Gasteiger partial charge on any atom is 0.119 e. The second-order valence-electron chi connectivity index (χ2n) is 6.22. The van der Waals surface area contributed by atoms with Gasteiger partial charge in [0.25, 0.3) is 0 Å². The molecular weight excluding hydrogens is 310 g/mol. The molecule has 128 valence electrons. The molecule has 3 rings (SSSR count). The van der Waals surface area contributed by atoms with Gasteiger partial charge < -0.3 is 15.6 Å². The lowest BCUT2D eigenvalue weighted by atomic mass is 9.97. The Morgan fingerprint density at radius 1 is 0.920 bits per heavy atom. The van der Waals surface area contributed by atoms with Crippen molar-refractivity contribution in [1.82, 2.24) is 0 Å². The highest BCUT2D eigenvalue weighted by Gasteiger charge is 2.07. The molecule has 0 aliphatic carbocycles. The number of aliphatic hydroxyl groups is 1. The van der Waals surface area contributed by atoms with E-state index < -0.39 is 0 Å². The van der Waals surface area contributed by atoms with Crippen LogP contribution in [0.4, 0.5) is 0 Å². The molecule has 0 aliphatic rings. The molecular formula is C22H23NO2. The molecule has 3 nitrogen and oxygen atoms in total. The Bertz CT molecular complexity index is 830. The Balaban J connectivity index is 1.84. The molecule has 0 fully saturated rings. The molecule has 25 heavy (non-hydrogen) atoms. The van der Waals surface area contributed by atoms with Gasteiger partial charge in [0.15, 0.2) is 0 Å². The van der Waals surface area contributed by atoms with E-state index in [-0.39, 0.29) is 12.6 Å². The van der Waals surface area contributed by atoms with Gasteiger partial charge in [-0.1, -0.05) is 54.1 Å². The standard InChI is InChI=1S/C22H23NO2/c1-16-10-17(15-25-21-8-3-2-4-9-21)12-20(11-16)18-6-5-7-19(13-18)22(23)14-24/h2-13,22,24H,14-15,23H2,1H3. The zero-order valence-electron chi connectivity index (χ0n) is 14.4. The Labute approximate surface area is 148 Å². The highest BCUT2D eigenvalue weighted by Crippen LogP contribution is 2.25. The fraction of sp³-hybridized carbons (Fsp3) is 0.182. The minimum atomic E-state index is -0.356. The van der Waals surface area contributed by atoms with Crippen molar-refractivity contribution in [3.8, 4) is 16.9 Å². The Hall–Kier alpha value is -2.62. The quantitative estimate of drug-likeness (QED) is 0.709. The number of hydrogen-bond acceptors (Lipinski definition) is 3. The SMILES string of the molecule is Cc1cc(COc2ccccc2)cc(-c2cccc(C(N)CO)c2)c1. The molecule has 3 N–H and O–H groups in total. The second kappa shape index (κ2) is 7.97. The van der Waals surface area contributed by atoms with Crippen molar-refractivity contribution in [2.75, 3.05) is 6.61 Å². The molecule has 0 radical (unpaired) electrons. The molecule has 0 spiro atoms. The Kier molecular flexibility index (Phi) is 5.49. The monoisotopic (exact) mass is 333 g/mol. The van der Waals surface area contributed by atoms with Gasteiger partial charge in [-0.05, 0) is 53.4 Å². The number of benzene rings is 3. The van der Waals surface area contributed by atoms with Crippen LogP contribution < -0.4 is 10.5 Å². The lowest BCUT2D eigenvalue weighted by molar-refractivity contribution is 0.268. The van der Waals surface area contributed by atoms with Gasteiger partial charge in [0.2, 0.25) is 0 Å². The smallest absolute Gasteiger partial charge is 0.119 e. The van der Waals surface area contributed by atoms with E-state index in [0.29, 0.717) is 6.61 Å². The molecule has 0 amide bonds. The molecule has 1 unspecified atom stereocenters. The summed E-state index contributed by atoms with van der Waals surface area (Å²) in [6, 6.07) is 23.9. The van der Waals surface area contributed by atoms with E-state index >= 15 is 0 Å². The van der Waals surface area contributed by atoms with Gasteiger partial charge in [-0.15, -0.1) is 0 Å². The summed E-state index contributed by atoms with van der Waals surface area (Å²) >= 11 is 0. The number of hydrogen-bond donors (Lipinski definition) is 2. The fourth-order valence-corrected chi connectivity index (χ4v) is 2.85. The summed E-state index contributed by atoms with van der Waals surface area (Å²) in [6.45, 7) is 2.54. The first-order valence-electron chi connectivity index (χ1n) is 8.41. The predicted octanol–water partition coefficient (Wildman–Crippen LogP) is 4.23. The summed E-state index contributed by atoms with van der Waals surface area (Å²) in [6.07, 6.45) is 0. The van der Waals surface area contributed by atoms with Crippen LogP contribution in [0.15, 0.2) is 72.8 Å². The molecule has 3 aromatic rings. The summed E-state index contributed by atoms with van der Waals surface area (Å²) in [7, 11) is 0. The summed E-state index contributed by atoms with van der Waals surface area (Å²) < 4.78 is 5.86. The fourth-order valence-electron chi connectivity index (χ4n) is 2.85. The molecule has 0 aliphatic heterocycles. The normalized spacial score (nSPS) is 12.0. The number of aliphatic hydroxyl groups excluding tert-OH is 1. The topological polar surface area (TPSA) is 55.5 Å². The van der Waals surface area contributed by atoms with Crippen molar-refractivity contribution >= 4 is 0 Å². The van der Waals surface area contributed by atoms with Gasteiger partial charge in [-0.3, -0.25) is 0 Å². The van der Waals surface area contributed by atoms with Gasteiger partial charge in [0.1, 0.15) is 12.4 Å². The van der Waals surface area contributed by atoms with Gasteiger partial charge in [0, 0.05) is 0 Å². The summed E-state index contributed by atoms with van der Waals surface area (Å²) in [4.78, 5) is 0. The third-order valence-electron chi connectivity index (χ3n) is 4.13. The number of rotatable bonds is 6. The number of nitrogens with two attached hydrogens (primary N) is 1. The van der Waals surface area contributed by atoms with Crippen LogP contribution in [0.25, 0.3) is 11.1 Å². The molecule has 0 saturated heterocycles. The van der Waals surface area contributed by atoms with Crippen molar-refractivity contribution in [1.29, 1.82) is 0 Å². The van der Waals surface area contributed by atoms with Gasteiger partial charge in [0.05, 0.1) is 12.6 Å². The maximum absolute atomic E-state index is 9.27. The highest BCUT2D eigenvalue weighted by molar-refractivity contribution is 5.66. The van der Waals surface area contributed by atoms with Crippen LogP contribution in [0, 0.1) is 6.92 Å². The molecule has 1 atom stereocenters. The van der Waals surface area contributed by atoms with E-state index in [9.17, 15) is 5.11 Å². The number of aryl methyl sites for hydroxylation is 1. The van der Waals surface area contributed by atoms with Crippen LogP contribution in [0.5, 0.6) is 5.75 Å². The van der Waals surface area contributed by atoms with E-state index in [2.05, 4.69) is 31.2 Å². The molecule has 0 saturated carbocycles. The predicted molar refractivity (Wildman–Crippen MR) is 101 cm³/mol. The molecule has 3 heteroatoms. The van der Waals surface area contributed by atoms with Crippen LogP contribution in [0.1, 0.15) is 22.7 Å². The van der Waals surface area contributed by atoms with Crippen LogP contribution in [-0.2, 0) is 6.61 Å². The van der Waals surface area contributed by atoms with Crippen molar-refractivity contribution < 1.29 is 9.84 Å². The van der Waals surface area contributed by atoms with Crippen LogP contribution >= 0.6 is 0 Å². The van der Waals surface area contributed by atoms with E-state index in [1.54, 1.807) is 0 Å². The third-order valence-corrected chi connectivity index (χ3v) is 4.13. The summed E-state index contributed by atoms with van der Waals surface area (Å²) in [5.74, 6) is 0.862. The highest BCUT2D eigenvalue weighted by atomic mass is 16.5. The zero-order valence-corrected chi connectivity index (χ0v) is 14.4. The van der Waals surface area contributed by atoms with Gasteiger partial charge in [-0.2, -0.15) is 0 Å². The lowest BCUT2D eigenvalue weighted by Crippen LogP contribution is -2.14. The van der Waals surface area contributed by atoms with Crippen LogP contribution in [-0.4, -0.2) is 11.7 Å². The van der Waals surface area contributed by atoms with E-state index in [4.69, 9.17) is 10.5 Å². The Morgan fingerprint density at radius 2 is 1.72 bits per heavy atom. The molecule has 3 aromatic carbocycles. The van der Waals surface area contributed by atoms with Crippen molar-refractivity contribution in [2.24, 2.45) is 5.73 Å². The number of para-hydroxylation sites is 1. The molecule has 0 bridgehead atoms. The van der Waals surface area contributed by atoms with E-state index in [1.807, 2.05) is 48.5 Å². The lowest BCUT2D eigenvalue weighted by Gasteiger charge is -2.13. The van der Waals surface area contributed by atoms with E-state index in [1.165, 1.54) is 5.56 Å². The first-order chi connectivity index (χ1) is 12.2. The van der Waals surface area contributed by atoms with Gasteiger partial charge in [-0.25, -0.2) is 0 Å². The van der Waals surface area contributed by atoms with Gasteiger partial charge >= 0.3 is 0 Å². The molecule has 0 aromatic heterocycles. The van der Waals surface area contributed by atoms with Crippen molar-refractivity contribution in [3.63, 3.8) is 0 Å².